The molecule has 1 aromatic carbocycles. The summed E-state index contributed by atoms with van der Waals surface area (Å²) in [7, 11) is 1.36. The number of rotatable bonds is 3. The number of aromatic nitrogens is 1. The molecule has 0 aliphatic heterocycles. The molecular weight excluding hydrogens is 345 g/mol. The molecule has 0 amide bonds. The van der Waals surface area contributed by atoms with Crippen LogP contribution in [0.25, 0.3) is 11.6 Å². The SMILES string of the molecule is COc1cc(/C=C(/C#N)c2ncc(C(F)(F)F)cc2Cl)ccc1O. The van der Waals surface area contributed by atoms with Crippen LogP contribution in [-0.2, 0) is 6.18 Å². The third kappa shape index (κ3) is 3.78. The van der Waals surface area contributed by atoms with Gasteiger partial charge in [-0.3, -0.25) is 4.98 Å². The van der Waals surface area contributed by atoms with E-state index in [-0.39, 0.29) is 27.8 Å². The number of nitrogens with zero attached hydrogens (tertiary/aromatic N) is 2. The highest BCUT2D eigenvalue weighted by Crippen LogP contribution is 2.33. The molecule has 0 saturated heterocycles. The maximum atomic E-state index is 12.6. The van der Waals surface area contributed by atoms with Gasteiger partial charge in [0.1, 0.15) is 6.07 Å². The lowest BCUT2D eigenvalue weighted by Gasteiger charge is -2.09. The molecule has 0 atom stereocenters. The van der Waals surface area contributed by atoms with Crippen LogP contribution in [0.15, 0.2) is 30.5 Å². The second-order valence-electron chi connectivity index (χ2n) is 4.65. The van der Waals surface area contributed by atoms with Gasteiger partial charge in [-0.25, -0.2) is 0 Å². The quantitative estimate of drug-likeness (QED) is 0.822. The zero-order valence-electron chi connectivity index (χ0n) is 12.2. The molecule has 4 nitrogen and oxygen atoms in total. The predicted molar refractivity (Wildman–Crippen MR) is 82.4 cm³/mol. The number of aromatic hydroxyl groups is 1. The van der Waals surface area contributed by atoms with Crippen LogP contribution in [0.5, 0.6) is 11.5 Å². The minimum absolute atomic E-state index is 0.0264. The first-order valence-electron chi connectivity index (χ1n) is 6.48. The van der Waals surface area contributed by atoms with Gasteiger partial charge in [0.05, 0.1) is 29.0 Å². The average molecular weight is 355 g/mol. The first kappa shape index (κ1) is 17.6. The maximum absolute atomic E-state index is 12.6. The Kier molecular flexibility index (Phi) is 5.00. The summed E-state index contributed by atoms with van der Waals surface area (Å²) in [5.74, 6) is 0.103. The zero-order chi connectivity index (χ0) is 17.9. The Morgan fingerprint density at radius 2 is 2.08 bits per heavy atom. The van der Waals surface area contributed by atoms with Gasteiger partial charge in [0, 0.05) is 6.20 Å². The zero-order valence-corrected chi connectivity index (χ0v) is 13.0. The maximum Gasteiger partial charge on any atom is 0.417 e. The van der Waals surface area contributed by atoms with Crippen molar-refractivity contribution in [3.05, 3.63) is 52.3 Å². The van der Waals surface area contributed by atoms with Gasteiger partial charge < -0.3 is 9.84 Å². The molecule has 1 aromatic heterocycles. The lowest BCUT2D eigenvalue weighted by atomic mass is 10.1. The first-order valence-corrected chi connectivity index (χ1v) is 6.86. The van der Waals surface area contributed by atoms with Crippen molar-refractivity contribution < 1.29 is 23.0 Å². The van der Waals surface area contributed by atoms with Crippen LogP contribution in [0, 0.1) is 11.3 Å². The van der Waals surface area contributed by atoms with E-state index >= 15 is 0 Å². The Morgan fingerprint density at radius 1 is 1.38 bits per heavy atom. The van der Waals surface area contributed by atoms with E-state index in [1.807, 2.05) is 6.07 Å². The topological polar surface area (TPSA) is 66.1 Å². The van der Waals surface area contributed by atoms with E-state index in [1.165, 1.54) is 31.4 Å². The van der Waals surface area contributed by atoms with Crippen LogP contribution in [-0.4, -0.2) is 17.2 Å². The molecule has 0 bridgehead atoms. The lowest BCUT2D eigenvalue weighted by Crippen LogP contribution is -2.06. The summed E-state index contributed by atoms with van der Waals surface area (Å²) < 4.78 is 42.9. The Morgan fingerprint density at radius 3 is 2.62 bits per heavy atom. The molecule has 1 heterocycles. The molecule has 0 saturated carbocycles. The van der Waals surface area contributed by atoms with Gasteiger partial charge in [-0.05, 0) is 29.8 Å². The summed E-state index contributed by atoms with van der Waals surface area (Å²) in [6.07, 6.45) is -2.58. The summed E-state index contributed by atoms with van der Waals surface area (Å²) in [5.41, 5.74) is -0.612. The second-order valence-corrected chi connectivity index (χ2v) is 5.06. The molecule has 2 rings (SSSR count). The van der Waals surface area contributed by atoms with Crippen molar-refractivity contribution in [1.29, 1.82) is 5.26 Å². The molecule has 0 aliphatic rings. The summed E-state index contributed by atoms with van der Waals surface area (Å²) in [6.45, 7) is 0. The van der Waals surface area contributed by atoms with Gasteiger partial charge in [-0.15, -0.1) is 0 Å². The fourth-order valence-corrected chi connectivity index (χ4v) is 2.16. The van der Waals surface area contributed by atoms with Crippen LogP contribution in [0.4, 0.5) is 13.2 Å². The highest BCUT2D eigenvalue weighted by molar-refractivity contribution is 6.32. The summed E-state index contributed by atoms with van der Waals surface area (Å²) in [6, 6.07) is 6.89. The smallest absolute Gasteiger partial charge is 0.417 e. The van der Waals surface area contributed by atoms with Crippen molar-refractivity contribution in [2.24, 2.45) is 0 Å². The number of benzene rings is 1. The van der Waals surface area contributed by atoms with E-state index in [0.717, 1.165) is 0 Å². The minimum Gasteiger partial charge on any atom is -0.504 e. The number of phenols is 1. The van der Waals surface area contributed by atoms with Crippen molar-refractivity contribution in [1.82, 2.24) is 4.98 Å². The van der Waals surface area contributed by atoms with Gasteiger partial charge in [-0.1, -0.05) is 17.7 Å². The van der Waals surface area contributed by atoms with Gasteiger partial charge in [-0.2, -0.15) is 18.4 Å². The Labute approximate surface area is 140 Å². The van der Waals surface area contributed by atoms with Crippen molar-refractivity contribution in [3.8, 4) is 17.6 Å². The molecule has 0 spiro atoms. The molecule has 2 aromatic rings. The molecule has 24 heavy (non-hydrogen) atoms. The van der Waals surface area contributed by atoms with Crippen molar-refractivity contribution in [2.45, 2.75) is 6.18 Å². The largest absolute Gasteiger partial charge is 0.504 e. The average Bonchev–Trinajstić information content (AvgIpc) is 2.53. The third-order valence-corrected chi connectivity index (χ3v) is 3.35. The van der Waals surface area contributed by atoms with Gasteiger partial charge in [0.25, 0.3) is 0 Å². The predicted octanol–water partition coefficient (Wildman–Crippen LogP) is 4.53. The number of phenolic OH excluding ortho intramolecular Hbond substituents is 1. The van der Waals surface area contributed by atoms with Crippen molar-refractivity contribution in [3.63, 3.8) is 0 Å². The number of methoxy groups -OCH3 is 1. The van der Waals surface area contributed by atoms with E-state index in [0.29, 0.717) is 17.8 Å². The molecular formula is C16H10ClF3N2O2. The van der Waals surface area contributed by atoms with E-state index in [4.69, 9.17) is 16.3 Å². The fraction of sp³-hybridized carbons (Fsp3) is 0.125. The minimum atomic E-state index is -4.57. The molecule has 8 heteroatoms. The Balaban J connectivity index is 2.47. The molecule has 0 fully saturated rings. The standard InChI is InChI=1S/C16H10ClF3N2O2/c1-24-14-5-9(2-3-13(14)23)4-10(7-21)15-12(17)6-11(8-22-15)16(18,19)20/h2-6,8,23H,1H3/b10-4-. The number of hydrogen-bond donors (Lipinski definition) is 1. The van der Waals surface area contributed by atoms with Gasteiger partial charge in [0.15, 0.2) is 11.5 Å². The fourth-order valence-electron chi connectivity index (χ4n) is 1.90. The molecule has 1 N–H and O–H groups in total. The number of pyridine rings is 1. The Hall–Kier alpha value is -2.72. The van der Waals surface area contributed by atoms with Gasteiger partial charge in [0.2, 0.25) is 0 Å². The number of ether oxygens (including phenoxy) is 1. The number of alkyl halides is 3. The third-order valence-electron chi connectivity index (χ3n) is 3.06. The molecule has 0 unspecified atom stereocenters. The van der Waals surface area contributed by atoms with Crippen LogP contribution >= 0.6 is 11.6 Å². The van der Waals surface area contributed by atoms with Crippen LogP contribution in [0.1, 0.15) is 16.8 Å². The van der Waals surface area contributed by atoms with Crippen LogP contribution in [0.3, 0.4) is 0 Å². The molecule has 0 radical (unpaired) electrons. The number of allylic oxidation sites excluding steroid dienone is 1. The van der Waals surface area contributed by atoms with E-state index < -0.39 is 11.7 Å². The highest BCUT2D eigenvalue weighted by atomic mass is 35.5. The molecule has 0 aliphatic carbocycles. The van der Waals surface area contributed by atoms with Crippen LogP contribution < -0.4 is 4.74 Å². The summed E-state index contributed by atoms with van der Waals surface area (Å²) in [5, 5.41) is 18.5. The van der Waals surface area contributed by atoms with E-state index in [1.54, 1.807) is 0 Å². The monoisotopic (exact) mass is 354 g/mol. The Bertz CT molecular complexity index is 842. The van der Waals surface area contributed by atoms with Crippen LogP contribution in [0.2, 0.25) is 5.02 Å². The number of hydrogen-bond acceptors (Lipinski definition) is 4. The normalized spacial score (nSPS) is 11.9. The highest BCUT2D eigenvalue weighted by Gasteiger charge is 2.31. The van der Waals surface area contributed by atoms with Crippen molar-refractivity contribution in [2.75, 3.05) is 7.11 Å². The van der Waals surface area contributed by atoms with Gasteiger partial charge >= 0.3 is 6.18 Å². The van der Waals surface area contributed by atoms with E-state index in [2.05, 4.69) is 4.98 Å². The number of nitriles is 1. The number of halogens is 4. The molecule has 124 valence electrons. The lowest BCUT2D eigenvalue weighted by molar-refractivity contribution is -0.137. The summed E-state index contributed by atoms with van der Waals surface area (Å²) in [4.78, 5) is 3.65. The van der Waals surface area contributed by atoms with E-state index in [9.17, 15) is 23.5 Å². The first-order chi connectivity index (χ1) is 11.3. The second kappa shape index (κ2) is 6.81. The van der Waals surface area contributed by atoms with Crippen molar-refractivity contribution >= 4 is 23.3 Å². The summed E-state index contributed by atoms with van der Waals surface area (Å²) >= 11 is 5.84.